The molecule has 1 N–H and O–H groups in total. The van der Waals surface area contributed by atoms with Crippen molar-refractivity contribution in [1.82, 2.24) is 0 Å². The van der Waals surface area contributed by atoms with E-state index in [0.717, 1.165) is 5.56 Å². The van der Waals surface area contributed by atoms with Crippen molar-refractivity contribution in [1.29, 1.82) is 0 Å². The van der Waals surface area contributed by atoms with E-state index >= 15 is 0 Å². The van der Waals surface area contributed by atoms with Gasteiger partial charge in [-0.1, -0.05) is 18.2 Å². The Balaban J connectivity index is 1.78. The van der Waals surface area contributed by atoms with Gasteiger partial charge in [-0.05, 0) is 36.8 Å². The average molecular weight is 342 g/mol. The third kappa shape index (κ3) is 3.47. The Hall–Kier alpha value is -2.89. The maximum atomic E-state index is 13.7. The number of aryl methyl sites for hydroxylation is 1. The molecule has 2 aromatic carbocycles. The average Bonchev–Trinajstić information content (AvgIpc) is 2.98. The van der Waals surface area contributed by atoms with E-state index in [1.165, 1.54) is 19.2 Å². The molecule has 0 bridgehead atoms. The molecular formula is C19H19FN2O3. The van der Waals surface area contributed by atoms with E-state index in [1.807, 2.05) is 19.1 Å². The Morgan fingerprint density at radius 1 is 1.28 bits per heavy atom. The number of ether oxygens (including phenoxy) is 1. The molecule has 130 valence electrons. The first-order valence-electron chi connectivity index (χ1n) is 8.00. The van der Waals surface area contributed by atoms with E-state index in [9.17, 15) is 14.0 Å². The van der Waals surface area contributed by atoms with Crippen LogP contribution in [0.25, 0.3) is 0 Å². The van der Waals surface area contributed by atoms with E-state index in [2.05, 4.69) is 5.32 Å². The molecule has 0 aromatic heterocycles. The third-order valence-electron chi connectivity index (χ3n) is 4.25. The highest BCUT2D eigenvalue weighted by atomic mass is 19.1. The lowest BCUT2D eigenvalue weighted by Crippen LogP contribution is -2.28. The fourth-order valence-corrected chi connectivity index (χ4v) is 2.92. The second-order valence-corrected chi connectivity index (χ2v) is 6.05. The zero-order valence-electron chi connectivity index (χ0n) is 14.1. The second kappa shape index (κ2) is 6.93. The maximum absolute atomic E-state index is 13.7. The van der Waals surface area contributed by atoms with Crippen LogP contribution in [0.2, 0.25) is 0 Å². The first kappa shape index (κ1) is 17.0. The third-order valence-corrected chi connectivity index (χ3v) is 4.25. The molecule has 25 heavy (non-hydrogen) atoms. The van der Waals surface area contributed by atoms with Crippen molar-refractivity contribution in [2.24, 2.45) is 5.92 Å². The van der Waals surface area contributed by atoms with Gasteiger partial charge in [0.2, 0.25) is 11.8 Å². The monoisotopic (exact) mass is 342 g/mol. The number of carbonyl (C=O) groups excluding carboxylic acids is 2. The van der Waals surface area contributed by atoms with Crippen molar-refractivity contribution >= 4 is 23.2 Å². The zero-order valence-corrected chi connectivity index (χ0v) is 14.1. The molecule has 0 radical (unpaired) electrons. The summed E-state index contributed by atoms with van der Waals surface area (Å²) in [4.78, 5) is 26.4. The van der Waals surface area contributed by atoms with Crippen LogP contribution in [-0.2, 0) is 9.59 Å². The van der Waals surface area contributed by atoms with Crippen LogP contribution in [0.4, 0.5) is 15.8 Å². The van der Waals surface area contributed by atoms with Crippen LogP contribution in [-0.4, -0.2) is 25.5 Å². The van der Waals surface area contributed by atoms with Gasteiger partial charge in [0.15, 0.2) is 0 Å². The fourth-order valence-electron chi connectivity index (χ4n) is 2.92. The highest BCUT2D eigenvalue weighted by molar-refractivity contribution is 6.04. The molecule has 6 heteroatoms. The summed E-state index contributed by atoms with van der Waals surface area (Å²) in [5.74, 6) is -0.992. The van der Waals surface area contributed by atoms with Crippen LogP contribution < -0.4 is 15.0 Å². The molecule has 1 unspecified atom stereocenters. The van der Waals surface area contributed by atoms with E-state index in [0.29, 0.717) is 11.4 Å². The number of nitrogens with one attached hydrogen (secondary N) is 1. The number of anilines is 2. The van der Waals surface area contributed by atoms with E-state index in [4.69, 9.17) is 4.74 Å². The van der Waals surface area contributed by atoms with Gasteiger partial charge in [0, 0.05) is 13.0 Å². The van der Waals surface area contributed by atoms with Crippen molar-refractivity contribution in [2.45, 2.75) is 13.3 Å². The number of halogens is 1. The van der Waals surface area contributed by atoms with Crippen molar-refractivity contribution < 1.29 is 18.7 Å². The first-order valence-corrected chi connectivity index (χ1v) is 8.00. The topological polar surface area (TPSA) is 58.6 Å². The molecule has 0 saturated carbocycles. The quantitative estimate of drug-likeness (QED) is 0.929. The predicted molar refractivity (Wildman–Crippen MR) is 93.2 cm³/mol. The van der Waals surface area contributed by atoms with Gasteiger partial charge in [0.1, 0.15) is 11.6 Å². The van der Waals surface area contributed by atoms with Gasteiger partial charge in [-0.15, -0.1) is 0 Å². The SMILES string of the molecule is COc1ccc(C)cc1N1CC(C(=O)Nc2ccccc2F)CC1=O. The molecule has 3 rings (SSSR count). The van der Waals surface area contributed by atoms with Crippen molar-refractivity contribution in [3.8, 4) is 5.75 Å². The Morgan fingerprint density at radius 2 is 2.04 bits per heavy atom. The van der Waals surface area contributed by atoms with Crippen LogP contribution in [0.5, 0.6) is 5.75 Å². The normalized spacial score (nSPS) is 16.8. The van der Waals surface area contributed by atoms with Crippen LogP contribution in [0.1, 0.15) is 12.0 Å². The summed E-state index contributed by atoms with van der Waals surface area (Å²) in [6, 6.07) is 11.5. The van der Waals surface area contributed by atoms with Crippen LogP contribution in [0, 0.1) is 18.7 Å². The Bertz CT molecular complexity index is 822. The van der Waals surface area contributed by atoms with Gasteiger partial charge >= 0.3 is 0 Å². The lowest BCUT2D eigenvalue weighted by Gasteiger charge is -2.20. The number of rotatable bonds is 4. The highest BCUT2D eigenvalue weighted by Gasteiger charge is 2.36. The van der Waals surface area contributed by atoms with Gasteiger partial charge in [0.05, 0.1) is 24.4 Å². The number of methoxy groups -OCH3 is 1. The molecule has 5 nitrogen and oxygen atoms in total. The Kier molecular flexibility index (Phi) is 4.70. The number of hydrogen-bond acceptors (Lipinski definition) is 3. The summed E-state index contributed by atoms with van der Waals surface area (Å²) in [6.45, 7) is 2.16. The molecule has 0 spiro atoms. The smallest absolute Gasteiger partial charge is 0.229 e. The minimum atomic E-state index is -0.544. The molecule has 1 aliphatic rings. The van der Waals surface area contributed by atoms with E-state index in [-0.39, 0.29) is 30.5 Å². The van der Waals surface area contributed by atoms with Gasteiger partial charge in [-0.25, -0.2) is 4.39 Å². The number of nitrogens with zero attached hydrogens (tertiary/aromatic N) is 1. The standard InChI is InChI=1S/C19H19FN2O3/c1-12-7-8-17(25-2)16(9-12)22-11-13(10-18(22)23)19(24)21-15-6-4-3-5-14(15)20/h3-9,13H,10-11H2,1-2H3,(H,21,24). The second-order valence-electron chi connectivity index (χ2n) is 6.05. The first-order chi connectivity index (χ1) is 12.0. The van der Waals surface area contributed by atoms with E-state index in [1.54, 1.807) is 23.1 Å². The predicted octanol–water partition coefficient (Wildman–Crippen LogP) is 3.13. The van der Waals surface area contributed by atoms with Crippen molar-refractivity contribution in [2.75, 3.05) is 23.9 Å². The lowest BCUT2D eigenvalue weighted by atomic mass is 10.1. The molecular weight excluding hydrogens is 323 g/mol. The summed E-state index contributed by atoms with van der Waals surface area (Å²) in [5.41, 5.74) is 1.75. The summed E-state index contributed by atoms with van der Waals surface area (Å²) in [7, 11) is 1.54. The highest BCUT2D eigenvalue weighted by Crippen LogP contribution is 2.34. The van der Waals surface area contributed by atoms with Gasteiger partial charge in [0.25, 0.3) is 0 Å². The largest absolute Gasteiger partial charge is 0.495 e. The van der Waals surface area contributed by atoms with E-state index < -0.39 is 11.7 Å². The molecule has 1 heterocycles. The zero-order chi connectivity index (χ0) is 18.0. The Labute approximate surface area is 145 Å². The minimum Gasteiger partial charge on any atom is -0.495 e. The molecule has 2 aromatic rings. The minimum absolute atomic E-state index is 0.0807. The van der Waals surface area contributed by atoms with Gasteiger partial charge < -0.3 is 15.0 Å². The summed E-state index contributed by atoms with van der Waals surface area (Å²) >= 11 is 0. The molecule has 2 amide bonds. The number of hydrogen-bond donors (Lipinski definition) is 1. The van der Waals surface area contributed by atoms with Crippen LogP contribution >= 0.6 is 0 Å². The molecule has 0 aliphatic carbocycles. The maximum Gasteiger partial charge on any atom is 0.229 e. The fraction of sp³-hybridized carbons (Fsp3) is 0.263. The molecule has 1 atom stereocenters. The van der Waals surface area contributed by atoms with Gasteiger partial charge in [-0.3, -0.25) is 9.59 Å². The number of amides is 2. The molecule has 1 aliphatic heterocycles. The number of para-hydroxylation sites is 1. The lowest BCUT2D eigenvalue weighted by molar-refractivity contribution is -0.122. The summed E-state index contributed by atoms with van der Waals surface area (Å²) < 4.78 is 19.0. The number of benzene rings is 2. The summed E-state index contributed by atoms with van der Waals surface area (Å²) in [5, 5.41) is 2.56. The summed E-state index contributed by atoms with van der Waals surface area (Å²) in [6.07, 6.45) is 0.0807. The van der Waals surface area contributed by atoms with Crippen LogP contribution in [0.15, 0.2) is 42.5 Å². The molecule has 1 fully saturated rings. The van der Waals surface area contributed by atoms with Crippen LogP contribution in [0.3, 0.4) is 0 Å². The number of carbonyl (C=O) groups is 2. The Morgan fingerprint density at radius 3 is 2.76 bits per heavy atom. The molecule has 1 saturated heterocycles. The van der Waals surface area contributed by atoms with Crippen molar-refractivity contribution in [3.05, 3.63) is 53.8 Å². The van der Waals surface area contributed by atoms with Gasteiger partial charge in [-0.2, -0.15) is 0 Å². The van der Waals surface area contributed by atoms with Crippen molar-refractivity contribution in [3.63, 3.8) is 0 Å².